The van der Waals surface area contributed by atoms with Crippen molar-refractivity contribution in [1.82, 2.24) is 9.47 Å². The quantitative estimate of drug-likeness (QED) is 0.833. The molecule has 1 aromatic heterocycles. The molecule has 0 spiro atoms. The zero-order chi connectivity index (χ0) is 16.4. The van der Waals surface area contributed by atoms with Crippen LogP contribution in [0.1, 0.15) is 39.0 Å². The summed E-state index contributed by atoms with van der Waals surface area (Å²) >= 11 is 3.26. The largest absolute Gasteiger partial charge is 0.444 e. The molecule has 0 N–H and O–H groups in total. The number of carbonyl (C=O) groups is 1. The van der Waals surface area contributed by atoms with E-state index in [1.807, 2.05) is 34.6 Å². The van der Waals surface area contributed by atoms with E-state index in [-0.39, 0.29) is 11.7 Å². The van der Waals surface area contributed by atoms with E-state index in [0.717, 1.165) is 11.3 Å². The maximum atomic E-state index is 12.2. The van der Waals surface area contributed by atoms with Crippen molar-refractivity contribution < 1.29 is 9.53 Å². The summed E-state index contributed by atoms with van der Waals surface area (Å²) in [7, 11) is 1.72. The van der Waals surface area contributed by atoms with Crippen molar-refractivity contribution in [3.8, 4) is 0 Å². The zero-order valence-electron chi connectivity index (χ0n) is 13.5. The fraction of sp³-hybridized carbons (Fsp3) is 0.600. The Balaban J connectivity index is 3.03. The highest BCUT2D eigenvalue weighted by Crippen LogP contribution is 2.16. The Kier molecular flexibility index (Phi) is 5.61. The summed E-state index contributed by atoms with van der Waals surface area (Å²) in [6.07, 6.45) is -0.352. The SMILES string of the molecule is CCN(Cc1cc(Br)c(=O)n(C)c1C)C(=O)OC(C)(C)C. The van der Waals surface area contributed by atoms with Crippen molar-refractivity contribution in [2.75, 3.05) is 6.54 Å². The van der Waals surface area contributed by atoms with E-state index in [1.165, 1.54) is 0 Å². The summed E-state index contributed by atoms with van der Waals surface area (Å²) < 4.78 is 7.46. The Morgan fingerprint density at radius 2 is 2.00 bits per heavy atom. The monoisotopic (exact) mass is 358 g/mol. The second kappa shape index (κ2) is 6.64. The zero-order valence-corrected chi connectivity index (χ0v) is 15.1. The number of halogens is 1. The first kappa shape index (κ1) is 17.8. The molecule has 0 aromatic carbocycles. The van der Waals surface area contributed by atoms with Crippen LogP contribution in [-0.2, 0) is 18.3 Å². The lowest BCUT2D eigenvalue weighted by atomic mass is 10.2. The Hall–Kier alpha value is -1.30. The van der Waals surface area contributed by atoms with Gasteiger partial charge in [-0.3, -0.25) is 4.79 Å². The minimum absolute atomic E-state index is 0.0865. The summed E-state index contributed by atoms with van der Waals surface area (Å²) in [5.41, 5.74) is 1.14. The van der Waals surface area contributed by atoms with E-state index in [1.54, 1.807) is 22.6 Å². The summed E-state index contributed by atoms with van der Waals surface area (Å²) in [5.74, 6) is 0. The molecule has 0 fully saturated rings. The molecule has 0 radical (unpaired) electrons. The minimum atomic E-state index is -0.524. The van der Waals surface area contributed by atoms with Crippen LogP contribution in [0.25, 0.3) is 0 Å². The van der Waals surface area contributed by atoms with Gasteiger partial charge in [-0.1, -0.05) is 0 Å². The van der Waals surface area contributed by atoms with Gasteiger partial charge in [-0.15, -0.1) is 0 Å². The predicted octanol–water partition coefficient (Wildman–Crippen LogP) is 3.21. The molecule has 0 aliphatic carbocycles. The van der Waals surface area contributed by atoms with E-state index in [9.17, 15) is 9.59 Å². The number of aromatic nitrogens is 1. The third-order valence-corrected chi connectivity index (χ3v) is 3.74. The van der Waals surface area contributed by atoms with Gasteiger partial charge in [0.05, 0.1) is 11.0 Å². The third-order valence-electron chi connectivity index (χ3n) is 3.17. The van der Waals surface area contributed by atoms with E-state index < -0.39 is 5.60 Å². The number of ether oxygens (including phenoxy) is 1. The summed E-state index contributed by atoms with van der Waals surface area (Å²) in [5, 5.41) is 0. The van der Waals surface area contributed by atoms with Crippen LogP contribution in [0, 0.1) is 6.92 Å². The van der Waals surface area contributed by atoms with Gasteiger partial charge in [0.15, 0.2) is 0 Å². The number of pyridine rings is 1. The molecule has 0 saturated carbocycles. The number of amides is 1. The van der Waals surface area contributed by atoms with Crippen molar-refractivity contribution in [3.05, 3.63) is 32.2 Å². The average molecular weight is 359 g/mol. The minimum Gasteiger partial charge on any atom is -0.444 e. The fourth-order valence-corrected chi connectivity index (χ4v) is 2.39. The van der Waals surface area contributed by atoms with Gasteiger partial charge in [0.25, 0.3) is 5.56 Å². The van der Waals surface area contributed by atoms with Gasteiger partial charge < -0.3 is 14.2 Å². The topological polar surface area (TPSA) is 51.5 Å². The van der Waals surface area contributed by atoms with Gasteiger partial charge in [0, 0.05) is 19.3 Å². The van der Waals surface area contributed by atoms with Crippen LogP contribution < -0.4 is 5.56 Å². The highest BCUT2D eigenvalue weighted by atomic mass is 79.9. The van der Waals surface area contributed by atoms with Crippen LogP contribution in [0.2, 0.25) is 0 Å². The standard InChI is InChI=1S/C15H23BrN2O3/c1-7-18(14(20)21-15(3,4)5)9-11-8-12(16)13(19)17(6)10(11)2/h8H,7,9H2,1-6H3. The molecule has 1 aromatic rings. The lowest BCUT2D eigenvalue weighted by Crippen LogP contribution is -2.37. The van der Waals surface area contributed by atoms with Gasteiger partial charge in [-0.2, -0.15) is 0 Å². The van der Waals surface area contributed by atoms with Crippen LogP contribution in [0.15, 0.2) is 15.3 Å². The first-order valence-corrected chi connectivity index (χ1v) is 7.69. The summed E-state index contributed by atoms with van der Waals surface area (Å²) in [6, 6.07) is 1.77. The number of hydrogen-bond donors (Lipinski definition) is 0. The molecule has 6 heteroatoms. The predicted molar refractivity (Wildman–Crippen MR) is 86.4 cm³/mol. The Morgan fingerprint density at radius 1 is 1.43 bits per heavy atom. The van der Waals surface area contributed by atoms with Crippen LogP contribution in [0.3, 0.4) is 0 Å². The molecule has 1 rings (SSSR count). The molecular formula is C15H23BrN2O3. The highest BCUT2D eigenvalue weighted by Gasteiger charge is 2.22. The lowest BCUT2D eigenvalue weighted by molar-refractivity contribution is 0.0244. The molecule has 0 bridgehead atoms. The number of hydrogen-bond acceptors (Lipinski definition) is 3. The Labute approximate surface area is 134 Å². The molecule has 0 atom stereocenters. The van der Waals surface area contributed by atoms with Crippen LogP contribution in [-0.4, -0.2) is 27.7 Å². The molecule has 1 heterocycles. The molecular weight excluding hydrogens is 336 g/mol. The average Bonchev–Trinajstić information content (AvgIpc) is 2.36. The molecule has 5 nitrogen and oxygen atoms in total. The van der Waals surface area contributed by atoms with Crippen molar-refractivity contribution in [1.29, 1.82) is 0 Å². The van der Waals surface area contributed by atoms with E-state index in [4.69, 9.17) is 4.74 Å². The normalized spacial score (nSPS) is 11.4. The van der Waals surface area contributed by atoms with Gasteiger partial charge in [0.1, 0.15) is 5.60 Å². The van der Waals surface area contributed by atoms with Gasteiger partial charge in [-0.25, -0.2) is 4.79 Å². The maximum absolute atomic E-state index is 12.2. The number of rotatable bonds is 3. The second-order valence-corrected chi connectivity index (χ2v) is 6.82. The molecule has 21 heavy (non-hydrogen) atoms. The Bertz CT molecular complexity index is 588. The molecule has 0 aliphatic heterocycles. The summed E-state index contributed by atoms with van der Waals surface area (Å²) in [4.78, 5) is 25.6. The second-order valence-electron chi connectivity index (χ2n) is 5.96. The number of nitrogens with zero attached hydrogens (tertiary/aromatic N) is 2. The van der Waals surface area contributed by atoms with Crippen molar-refractivity contribution >= 4 is 22.0 Å². The number of carbonyl (C=O) groups excluding carboxylic acids is 1. The lowest BCUT2D eigenvalue weighted by Gasteiger charge is -2.27. The maximum Gasteiger partial charge on any atom is 0.410 e. The van der Waals surface area contributed by atoms with E-state index in [2.05, 4.69) is 15.9 Å². The first-order valence-electron chi connectivity index (χ1n) is 6.89. The van der Waals surface area contributed by atoms with Gasteiger partial charge >= 0.3 is 6.09 Å². The Morgan fingerprint density at radius 3 is 2.48 bits per heavy atom. The van der Waals surface area contributed by atoms with Crippen molar-refractivity contribution in [3.63, 3.8) is 0 Å². The van der Waals surface area contributed by atoms with Crippen LogP contribution in [0.5, 0.6) is 0 Å². The van der Waals surface area contributed by atoms with E-state index in [0.29, 0.717) is 17.6 Å². The van der Waals surface area contributed by atoms with Crippen LogP contribution >= 0.6 is 15.9 Å². The van der Waals surface area contributed by atoms with Crippen molar-refractivity contribution in [2.24, 2.45) is 7.05 Å². The third kappa shape index (κ3) is 4.59. The summed E-state index contributed by atoms with van der Waals surface area (Å²) in [6.45, 7) is 10.2. The van der Waals surface area contributed by atoms with Gasteiger partial charge in [-0.05, 0) is 62.2 Å². The molecule has 0 aliphatic rings. The fourth-order valence-electron chi connectivity index (χ4n) is 1.84. The van der Waals surface area contributed by atoms with Crippen LogP contribution in [0.4, 0.5) is 4.79 Å². The molecule has 1 amide bonds. The molecule has 118 valence electrons. The molecule has 0 unspecified atom stereocenters. The smallest absolute Gasteiger partial charge is 0.410 e. The van der Waals surface area contributed by atoms with E-state index >= 15 is 0 Å². The highest BCUT2D eigenvalue weighted by molar-refractivity contribution is 9.10. The molecule has 0 saturated heterocycles. The first-order chi connectivity index (χ1) is 9.56. The van der Waals surface area contributed by atoms with Gasteiger partial charge in [0.2, 0.25) is 0 Å². The van der Waals surface area contributed by atoms with Crippen molar-refractivity contribution in [2.45, 2.75) is 46.8 Å².